The topological polar surface area (TPSA) is 103 Å². The highest BCUT2D eigenvalue weighted by Gasteiger charge is 2.23. The van der Waals surface area contributed by atoms with Gasteiger partial charge in [-0.2, -0.15) is 0 Å². The van der Waals surface area contributed by atoms with Crippen molar-refractivity contribution in [2.45, 2.75) is 72.0 Å². The van der Waals surface area contributed by atoms with Crippen LogP contribution in [0.1, 0.15) is 65.3 Å². The third-order valence-electron chi connectivity index (χ3n) is 5.88. The quantitative estimate of drug-likeness (QED) is 0.529. The molecule has 3 rings (SSSR count). The average Bonchev–Trinajstić information content (AvgIpc) is 2.70. The first-order valence-electron chi connectivity index (χ1n) is 11.0. The monoisotopic (exact) mass is 458 g/mol. The van der Waals surface area contributed by atoms with E-state index in [9.17, 15) is 14.4 Å². The van der Waals surface area contributed by atoms with Crippen molar-refractivity contribution in [3.05, 3.63) is 61.5 Å². The van der Waals surface area contributed by atoms with Crippen molar-refractivity contribution >= 4 is 29.1 Å². The Labute approximate surface area is 193 Å². The number of aromatic amines is 1. The normalized spacial score (nSPS) is 18.2. The fraction of sp³-hybridized carbons (Fsp3) is 0.458. The van der Waals surface area contributed by atoms with Crippen molar-refractivity contribution in [3.8, 4) is 0 Å². The maximum absolute atomic E-state index is 12.9. The molecule has 0 spiro atoms. The Kier molecular flexibility index (Phi) is 7.61. The summed E-state index contributed by atoms with van der Waals surface area (Å²) in [6, 6.07) is 6.01. The largest absolute Gasteiger partial charge is 0.381 e. The van der Waals surface area contributed by atoms with E-state index in [1.165, 1.54) is 0 Å². The number of aryl methyl sites for hydroxylation is 3. The molecule has 7 nitrogen and oxygen atoms in total. The van der Waals surface area contributed by atoms with Crippen molar-refractivity contribution in [1.82, 2.24) is 15.6 Å². The minimum absolute atomic E-state index is 0.00149. The van der Waals surface area contributed by atoms with Gasteiger partial charge in [0, 0.05) is 36.8 Å². The van der Waals surface area contributed by atoms with Crippen molar-refractivity contribution in [2.24, 2.45) is 0 Å². The molecule has 32 heavy (non-hydrogen) atoms. The molecular weight excluding hydrogens is 428 g/mol. The van der Waals surface area contributed by atoms with Gasteiger partial charge >= 0.3 is 0 Å². The van der Waals surface area contributed by atoms with Crippen LogP contribution >= 0.6 is 11.6 Å². The Morgan fingerprint density at radius 3 is 2.34 bits per heavy atom. The second kappa shape index (κ2) is 10.2. The molecule has 172 valence electrons. The van der Waals surface area contributed by atoms with Crippen LogP contribution < -0.4 is 21.5 Å². The summed E-state index contributed by atoms with van der Waals surface area (Å²) in [4.78, 5) is 39.1. The van der Waals surface area contributed by atoms with Crippen LogP contribution in [-0.4, -0.2) is 28.9 Å². The number of H-pyrrole nitrogens is 1. The maximum Gasteiger partial charge on any atom is 0.253 e. The van der Waals surface area contributed by atoms with Crippen molar-refractivity contribution < 1.29 is 9.59 Å². The minimum atomic E-state index is -0.324. The number of anilines is 1. The summed E-state index contributed by atoms with van der Waals surface area (Å²) >= 11 is 6.61. The second-order valence-electron chi connectivity index (χ2n) is 8.69. The van der Waals surface area contributed by atoms with E-state index in [4.69, 9.17) is 11.6 Å². The molecule has 8 heteroatoms. The van der Waals surface area contributed by atoms with Gasteiger partial charge in [0.15, 0.2) is 0 Å². The third-order valence-corrected chi connectivity index (χ3v) is 6.28. The lowest BCUT2D eigenvalue weighted by molar-refractivity contribution is -0.119. The summed E-state index contributed by atoms with van der Waals surface area (Å²) in [7, 11) is 0. The standard InChI is InChI=1S/C24H31ClN4O3/c1-13-9-19(23(31)26-12-20-14(2)11-15(3)27-24(20)32)22(25)21(10-13)29-18-7-5-17(6-8-18)28-16(4)30/h9-11,17-18,29H,5-8,12H2,1-4H3,(H,26,31)(H,27,32)(H,28,30). The number of carbonyl (C=O) groups excluding carboxylic acids is 2. The van der Waals surface area contributed by atoms with Gasteiger partial charge in [-0.3, -0.25) is 14.4 Å². The molecule has 1 aliphatic carbocycles. The molecule has 0 saturated heterocycles. The third kappa shape index (κ3) is 5.91. The predicted molar refractivity (Wildman–Crippen MR) is 127 cm³/mol. The molecule has 1 aromatic heterocycles. The summed E-state index contributed by atoms with van der Waals surface area (Å²) in [5.74, 6) is -0.322. The van der Waals surface area contributed by atoms with Crippen LogP contribution in [0.3, 0.4) is 0 Å². The zero-order chi connectivity index (χ0) is 23.4. The van der Waals surface area contributed by atoms with Gasteiger partial charge in [0.1, 0.15) is 0 Å². The van der Waals surface area contributed by atoms with Crippen LogP contribution in [0.5, 0.6) is 0 Å². The Balaban J connectivity index is 1.69. The Hall–Kier alpha value is -2.80. The van der Waals surface area contributed by atoms with Gasteiger partial charge in [-0.1, -0.05) is 11.6 Å². The smallest absolute Gasteiger partial charge is 0.253 e. The Morgan fingerprint density at radius 1 is 1.06 bits per heavy atom. The fourth-order valence-electron chi connectivity index (χ4n) is 4.29. The molecule has 0 bridgehead atoms. The number of hydrogen-bond donors (Lipinski definition) is 4. The number of amides is 2. The number of hydrogen-bond acceptors (Lipinski definition) is 4. The van der Waals surface area contributed by atoms with E-state index in [0.29, 0.717) is 16.1 Å². The molecule has 2 aromatic rings. The first kappa shape index (κ1) is 23.9. The molecule has 1 saturated carbocycles. The van der Waals surface area contributed by atoms with Gasteiger partial charge in [-0.15, -0.1) is 0 Å². The van der Waals surface area contributed by atoms with E-state index in [1.54, 1.807) is 13.0 Å². The second-order valence-corrected chi connectivity index (χ2v) is 9.07. The van der Waals surface area contributed by atoms with Crippen LogP contribution in [0, 0.1) is 20.8 Å². The first-order valence-corrected chi connectivity index (χ1v) is 11.3. The molecule has 0 unspecified atom stereocenters. The molecule has 0 atom stereocenters. The van der Waals surface area contributed by atoms with E-state index in [0.717, 1.165) is 48.2 Å². The highest BCUT2D eigenvalue weighted by molar-refractivity contribution is 6.36. The summed E-state index contributed by atoms with van der Waals surface area (Å²) in [6.45, 7) is 7.26. The molecule has 2 amide bonds. The van der Waals surface area contributed by atoms with Gasteiger partial charge in [0.05, 0.1) is 16.3 Å². The average molecular weight is 459 g/mol. The Bertz CT molecular complexity index is 1070. The zero-order valence-corrected chi connectivity index (χ0v) is 19.8. The van der Waals surface area contributed by atoms with Crippen LogP contribution in [0.15, 0.2) is 23.0 Å². The Morgan fingerprint density at radius 2 is 1.72 bits per heavy atom. The molecule has 1 fully saturated rings. The SMILES string of the molecule is CC(=O)NC1CCC(Nc2cc(C)cc(C(=O)NCc3c(C)cc(C)[nH]c3=O)c2Cl)CC1. The number of rotatable bonds is 6. The van der Waals surface area contributed by atoms with Crippen LogP contribution in [0.4, 0.5) is 5.69 Å². The minimum Gasteiger partial charge on any atom is -0.381 e. The molecule has 4 N–H and O–H groups in total. The highest BCUT2D eigenvalue weighted by Crippen LogP contribution is 2.31. The van der Waals surface area contributed by atoms with Crippen LogP contribution in [0.25, 0.3) is 0 Å². The first-order chi connectivity index (χ1) is 15.1. The molecule has 1 aliphatic rings. The summed E-state index contributed by atoms with van der Waals surface area (Å²) < 4.78 is 0. The molecule has 0 aliphatic heterocycles. The van der Waals surface area contributed by atoms with Gasteiger partial charge in [0.2, 0.25) is 5.91 Å². The lowest BCUT2D eigenvalue weighted by Crippen LogP contribution is -2.39. The lowest BCUT2D eigenvalue weighted by Gasteiger charge is -2.30. The van der Waals surface area contributed by atoms with E-state index < -0.39 is 0 Å². The van der Waals surface area contributed by atoms with Crippen molar-refractivity contribution in [1.29, 1.82) is 0 Å². The van der Waals surface area contributed by atoms with Crippen LogP contribution in [0.2, 0.25) is 5.02 Å². The van der Waals surface area contributed by atoms with Crippen molar-refractivity contribution in [3.63, 3.8) is 0 Å². The number of aromatic nitrogens is 1. The van der Waals surface area contributed by atoms with Gasteiger partial charge in [-0.25, -0.2) is 0 Å². The lowest BCUT2D eigenvalue weighted by atomic mass is 9.91. The van der Waals surface area contributed by atoms with Crippen LogP contribution in [-0.2, 0) is 11.3 Å². The predicted octanol–water partition coefficient (Wildman–Crippen LogP) is 3.74. The van der Waals surface area contributed by atoms with Gasteiger partial charge < -0.3 is 20.9 Å². The number of carbonyl (C=O) groups is 2. The highest BCUT2D eigenvalue weighted by atomic mass is 35.5. The van der Waals surface area contributed by atoms with E-state index >= 15 is 0 Å². The summed E-state index contributed by atoms with van der Waals surface area (Å²) in [5, 5.41) is 9.65. The van der Waals surface area contributed by atoms with Crippen molar-refractivity contribution in [2.75, 3.05) is 5.32 Å². The summed E-state index contributed by atoms with van der Waals surface area (Å²) in [5.41, 5.74) is 3.97. The number of nitrogens with one attached hydrogen (secondary N) is 4. The molecular formula is C24H31ClN4O3. The van der Waals surface area contributed by atoms with Gasteiger partial charge in [-0.05, 0) is 75.8 Å². The molecule has 1 heterocycles. The number of benzene rings is 1. The maximum atomic E-state index is 12.9. The molecule has 1 aromatic carbocycles. The molecule has 0 radical (unpaired) electrons. The van der Waals surface area contributed by atoms with E-state index in [-0.39, 0.29) is 36.0 Å². The fourth-order valence-corrected chi connectivity index (χ4v) is 4.54. The summed E-state index contributed by atoms with van der Waals surface area (Å²) in [6.07, 6.45) is 3.62. The number of pyridine rings is 1. The van der Waals surface area contributed by atoms with E-state index in [2.05, 4.69) is 20.9 Å². The zero-order valence-electron chi connectivity index (χ0n) is 19.0. The number of halogens is 1. The van der Waals surface area contributed by atoms with E-state index in [1.807, 2.05) is 32.9 Å². The van der Waals surface area contributed by atoms with Gasteiger partial charge in [0.25, 0.3) is 11.5 Å².